The van der Waals surface area contributed by atoms with Crippen molar-refractivity contribution in [2.24, 2.45) is 5.92 Å². The van der Waals surface area contributed by atoms with Crippen LogP contribution in [0.25, 0.3) is 0 Å². The largest absolute Gasteiger partial charge is 0.416 e. The lowest BCUT2D eigenvalue weighted by Gasteiger charge is -2.31. The van der Waals surface area contributed by atoms with E-state index in [4.69, 9.17) is 9.47 Å². The van der Waals surface area contributed by atoms with Crippen LogP contribution in [0.2, 0.25) is 0 Å². The first-order valence-electron chi connectivity index (χ1n) is 7.99. The van der Waals surface area contributed by atoms with Gasteiger partial charge in [-0.05, 0) is 43.0 Å². The SMILES string of the molecule is COCCOCC1CCN(S(=O)(=O)c2ccc(C(F)(F)F)cc2)CC1. The molecule has 9 heteroatoms. The summed E-state index contributed by atoms with van der Waals surface area (Å²) in [6.45, 7) is 2.24. The molecule has 1 fully saturated rings. The van der Waals surface area contributed by atoms with Gasteiger partial charge in [-0.3, -0.25) is 0 Å². The highest BCUT2D eigenvalue weighted by Gasteiger charge is 2.32. The van der Waals surface area contributed by atoms with Gasteiger partial charge < -0.3 is 9.47 Å². The summed E-state index contributed by atoms with van der Waals surface area (Å²) in [5.41, 5.74) is -0.863. The van der Waals surface area contributed by atoms with Crippen LogP contribution in [-0.2, 0) is 25.7 Å². The van der Waals surface area contributed by atoms with Crippen molar-refractivity contribution in [3.05, 3.63) is 29.8 Å². The second-order valence-electron chi connectivity index (χ2n) is 5.94. The quantitative estimate of drug-likeness (QED) is 0.682. The van der Waals surface area contributed by atoms with Crippen molar-refractivity contribution in [1.29, 1.82) is 0 Å². The first-order chi connectivity index (χ1) is 11.7. The van der Waals surface area contributed by atoms with Crippen molar-refractivity contribution in [2.75, 3.05) is 40.0 Å². The van der Waals surface area contributed by atoms with Gasteiger partial charge >= 0.3 is 6.18 Å². The van der Waals surface area contributed by atoms with E-state index in [-0.39, 0.29) is 10.8 Å². The molecule has 1 heterocycles. The molecule has 0 spiro atoms. The smallest absolute Gasteiger partial charge is 0.382 e. The minimum absolute atomic E-state index is 0.115. The highest BCUT2D eigenvalue weighted by molar-refractivity contribution is 7.89. The Morgan fingerprint density at radius 2 is 1.72 bits per heavy atom. The van der Waals surface area contributed by atoms with Crippen molar-refractivity contribution >= 4 is 10.0 Å². The number of hydrogen-bond acceptors (Lipinski definition) is 4. The third-order valence-electron chi connectivity index (χ3n) is 4.18. The molecule has 0 unspecified atom stereocenters. The lowest BCUT2D eigenvalue weighted by atomic mass is 9.99. The molecule has 0 saturated carbocycles. The van der Waals surface area contributed by atoms with Crippen LogP contribution in [0.5, 0.6) is 0 Å². The second kappa shape index (κ2) is 8.48. The topological polar surface area (TPSA) is 55.8 Å². The zero-order valence-electron chi connectivity index (χ0n) is 14.0. The highest BCUT2D eigenvalue weighted by Crippen LogP contribution is 2.31. The number of rotatable bonds is 7. The second-order valence-corrected chi connectivity index (χ2v) is 7.88. The Labute approximate surface area is 145 Å². The minimum Gasteiger partial charge on any atom is -0.382 e. The molecular weight excluding hydrogens is 359 g/mol. The predicted octanol–water partition coefficient (Wildman–Crippen LogP) is 2.77. The molecular formula is C16H22F3NO4S. The van der Waals surface area contributed by atoms with Crippen LogP contribution in [-0.4, -0.2) is 52.7 Å². The molecule has 1 saturated heterocycles. The molecule has 0 atom stereocenters. The van der Waals surface area contributed by atoms with Crippen molar-refractivity contribution in [2.45, 2.75) is 23.9 Å². The van der Waals surface area contributed by atoms with Crippen LogP contribution in [0.1, 0.15) is 18.4 Å². The minimum atomic E-state index is -4.48. The molecule has 0 amide bonds. The summed E-state index contributed by atoms with van der Waals surface area (Å²) >= 11 is 0. The Bertz CT molecular complexity index is 638. The van der Waals surface area contributed by atoms with Crippen molar-refractivity contribution in [3.8, 4) is 0 Å². The van der Waals surface area contributed by atoms with Gasteiger partial charge in [0.15, 0.2) is 0 Å². The molecule has 1 aliphatic heterocycles. The standard InChI is InChI=1S/C16H22F3NO4S/c1-23-10-11-24-12-13-6-8-20(9-7-13)25(21,22)15-4-2-14(3-5-15)16(17,18)19/h2-5,13H,6-12H2,1H3. The fourth-order valence-electron chi connectivity index (χ4n) is 2.67. The average molecular weight is 381 g/mol. The monoisotopic (exact) mass is 381 g/mol. The molecule has 0 N–H and O–H groups in total. The van der Waals surface area contributed by atoms with E-state index in [1.807, 2.05) is 0 Å². The predicted molar refractivity (Wildman–Crippen MR) is 85.6 cm³/mol. The maximum absolute atomic E-state index is 12.6. The number of methoxy groups -OCH3 is 1. The third kappa shape index (κ3) is 5.40. The molecule has 0 bridgehead atoms. The van der Waals surface area contributed by atoms with Gasteiger partial charge in [-0.2, -0.15) is 17.5 Å². The Kier molecular flexibility index (Phi) is 6.84. The molecule has 5 nitrogen and oxygen atoms in total. The number of hydrogen-bond donors (Lipinski definition) is 0. The summed E-state index contributed by atoms with van der Waals surface area (Å²) in [6, 6.07) is 3.61. The number of nitrogens with zero attached hydrogens (tertiary/aromatic N) is 1. The number of sulfonamides is 1. The van der Waals surface area contributed by atoms with Crippen LogP contribution < -0.4 is 0 Å². The van der Waals surface area contributed by atoms with Crippen LogP contribution in [0.15, 0.2) is 29.2 Å². The number of ether oxygens (including phenoxy) is 2. The third-order valence-corrected chi connectivity index (χ3v) is 6.09. The molecule has 2 rings (SSSR count). The summed E-state index contributed by atoms with van der Waals surface area (Å²) in [5, 5.41) is 0. The zero-order valence-corrected chi connectivity index (χ0v) is 14.8. The Hall–Kier alpha value is -1.16. The molecule has 142 valence electrons. The van der Waals surface area contributed by atoms with E-state index < -0.39 is 21.8 Å². The van der Waals surface area contributed by atoms with Gasteiger partial charge in [0.1, 0.15) is 0 Å². The summed E-state index contributed by atoms with van der Waals surface area (Å²) in [6.07, 6.45) is -3.16. The lowest BCUT2D eigenvalue weighted by molar-refractivity contribution is -0.137. The van der Waals surface area contributed by atoms with Gasteiger partial charge in [-0.1, -0.05) is 0 Å². The number of alkyl halides is 3. The van der Waals surface area contributed by atoms with Gasteiger partial charge in [-0.25, -0.2) is 8.42 Å². The van der Waals surface area contributed by atoms with Gasteiger partial charge in [-0.15, -0.1) is 0 Å². The first-order valence-corrected chi connectivity index (χ1v) is 9.43. The molecule has 25 heavy (non-hydrogen) atoms. The summed E-state index contributed by atoms with van der Waals surface area (Å²) in [4.78, 5) is -0.115. The fourth-order valence-corrected chi connectivity index (χ4v) is 4.14. The highest BCUT2D eigenvalue weighted by atomic mass is 32.2. The zero-order chi connectivity index (χ0) is 18.5. The van der Waals surface area contributed by atoms with E-state index in [0.717, 1.165) is 24.3 Å². The van der Waals surface area contributed by atoms with E-state index in [2.05, 4.69) is 0 Å². The lowest BCUT2D eigenvalue weighted by Crippen LogP contribution is -2.39. The maximum atomic E-state index is 12.6. The van der Waals surface area contributed by atoms with Gasteiger partial charge in [0, 0.05) is 26.8 Å². The van der Waals surface area contributed by atoms with Crippen molar-refractivity contribution in [3.63, 3.8) is 0 Å². The van der Waals surface area contributed by atoms with Crippen LogP contribution in [0, 0.1) is 5.92 Å². The average Bonchev–Trinajstić information content (AvgIpc) is 2.58. The van der Waals surface area contributed by atoms with E-state index in [1.54, 1.807) is 7.11 Å². The van der Waals surface area contributed by atoms with Crippen LogP contribution in [0.3, 0.4) is 0 Å². The molecule has 0 aliphatic carbocycles. The number of piperidine rings is 1. The molecule has 1 aromatic carbocycles. The Morgan fingerprint density at radius 1 is 1.12 bits per heavy atom. The number of benzene rings is 1. The summed E-state index contributed by atoms with van der Waals surface area (Å²) < 4.78 is 74.5. The number of halogens is 3. The van der Waals surface area contributed by atoms with E-state index in [0.29, 0.717) is 45.8 Å². The van der Waals surface area contributed by atoms with Crippen LogP contribution in [0.4, 0.5) is 13.2 Å². The van der Waals surface area contributed by atoms with E-state index in [1.165, 1.54) is 4.31 Å². The van der Waals surface area contributed by atoms with Gasteiger partial charge in [0.25, 0.3) is 0 Å². The van der Waals surface area contributed by atoms with E-state index >= 15 is 0 Å². The van der Waals surface area contributed by atoms with Gasteiger partial charge in [0.2, 0.25) is 10.0 Å². The maximum Gasteiger partial charge on any atom is 0.416 e. The summed E-state index contributed by atoms with van der Waals surface area (Å²) in [7, 11) is -2.18. The van der Waals surface area contributed by atoms with E-state index in [9.17, 15) is 21.6 Å². The Morgan fingerprint density at radius 3 is 2.24 bits per heavy atom. The molecule has 0 aromatic heterocycles. The van der Waals surface area contributed by atoms with Gasteiger partial charge in [0.05, 0.1) is 23.7 Å². The molecule has 0 radical (unpaired) electrons. The normalized spacial score (nSPS) is 17.8. The van der Waals surface area contributed by atoms with Crippen LogP contribution >= 0.6 is 0 Å². The van der Waals surface area contributed by atoms with Crippen molar-refractivity contribution in [1.82, 2.24) is 4.31 Å². The molecule has 1 aliphatic rings. The Balaban J connectivity index is 1.93. The molecule has 1 aromatic rings. The summed E-state index contributed by atoms with van der Waals surface area (Å²) in [5.74, 6) is 0.274. The van der Waals surface area contributed by atoms with Crippen molar-refractivity contribution < 1.29 is 31.1 Å². The first kappa shape index (κ1) is 20.2. The fraction of sp³-hybridized carbons (Fsp3) is 0.625.